The molecule has 0 unspecified atom stereocenters. The third kappa shape index (κ3) is 4.23. The molecule has 0 aliphatic heterocycles. The lowest BCUT2D eigenvalue weighted by molar-refractivity contribution is -0.134. The molecule has 19 heavy (non-hydrogen) atoms. The van der Waals surface area contributed by atoms with Crippen LogP contribution in [0, 0.1) is 0 Å². The van der Waals surface area contributed by atoms with Gasteiger partial charge in [0.2, 0.25) is 0 Å². The Morgan fingerprint density at radius 2 is 1.89 bits per heavy atom. The van der Waals surface area contributed by atoms with Gasteiger partial charge in [0, 0.05) is 17.6 Å². The molecule has 0 N–H and O–H groups in total. The van der Waals surface area contributed by atoms with Gasteiger partial charge in [-0.25, -0.2) is 0 Å². The fraction of sp³-hybridized carbons (Fsp3) is 0.533. The average molecular weight is 326 g/mol. The number of hydrogen-bond acceptors (Lipinski definition) is 2. The van der Waals surface area contributed by atoms with Gasteiger partial charge in [0.15, 0.2) is 6.61 Å². The van der Waals surface area contributed by atoms with E-state index in [-0.39, 0.29) is 12.5 Å². The minimum atomic E-state index is 0.0646. The number of rotatable bonds is 4. The molecule has 1 aliphatic carbocycles. The third-order valence-corrected chi connectivity index (χ3v) is 4.22. The highest BCUT2D eigenvalue weighted by Gasteiger charge is 2.22. The topological polar surface area (TPSA) is 29.5 Å². The van der Waals surface area contributed by atoms with Crippen LogP contribution in [0.3, 0.4) is 0 Å². The van der Waals surface area contributed by atoms with E-state index in [9.17, 15) is 4.79 Å². The summed E-state index contributed by atoms with van der Waals surface area (Å²) >= 11 is 3.37. The number of carbonyl (C=O) groups is 1. The van der Waals surface area contributed by atoms with Gasteiger partial charge in [0.25, 0.3) is 5.91 Å². The molecule has 1 aliphatic rings. The van der Waals surface area contributed by atoms with Crippen LogP contribution in [-0.2, 0) is 4.79 Å². The van der Waals surface area contributed by atoms with E-state index in [1.165, 1.54) is 19.3 Å². The van der Waals surface area contributed by atoms with Crippen molar-refractivity contribution in [2.75, 3.05) is 13.7 Å². The van der Waals surface area contributed by atoms with E-state index < -0.39 is 0 Å². The van der Waals surface area contributed by atoms with E-state index in [1.54, 1.807) is 0 Å². The van der Waals surface area contributed by atoms with Gasteiger partial charge < -0.3 is 9.64 Å². The van der Waals surface area contributed by atoms with Crippen LogP contribution < -0.4 is 4.74 Å². The second-order valence-corrected chi connectivity index (χ2v) is 5.95. The summed E-state index contributed by atoms with van der Waals surface area (Å²) in [5.74, 6) is 0.795. The monoisotopic (exact) mass is 325 g/mol. The number of amides is 1. The number of nitrogens with zero attached hydrogens (tertiary/aromatic N) is 1. The molecule has 0 spiro atoms. The summed E-state index contributed by atoms with van der Waals surface area (Å²) in [5, 5.41) is 0. The zero-order chi connectivity index (χ0) is 13.7. The van der Waals surface area contributed by atoms with Crippen molar-refractivity contribution in [2.45, 2.75) is 38.1 Å². The summed E-state index contributed by atoms with van der Waals surface area (Å²) in [7, 11) is 1.89. The molecule has 3 nitrogen and oxygen atoms in total. The molecular weight excluding hydrogens is 306 g/mol. The maximum absolute atomic E-state index is 12.1. The van der Waals surface area contributed by atoms with Gasteiger partial charge in [-0.05, 0) is 37.1 Å². The lowest BCUT2D eigenvalue weighted by Gasteiger charge is -2.31. The fourth-order valence-electron chi connectivity index (χ4n) is 2.45. The van der Waals surface area contributed by atoms with Crippen LogP contribution in [-0.4, -0.2) is 30.5 Å². The highest BCUT2D eigenvalue weighted by Crippen LogP contribution is 2.22. The SMILES string of the molecule is CN(C(=O)COc1ccc(Br)cc1)C1CCCCC1. The summed E-state index contributed by atoms with van der Waals surface area (Å²) in [5.41, 5.74) is 0. The van der Waals surface area contributed by atoms with Gasteiger partial charge in [0.05, 0.1) is 0 Å². The van der Waals surface area contributed by atoms with Crippen molar-refractivity contribution >= 4 is 21.8 Å². The van der Waals surface area contributed by atoms with E-state index in [1.807, 2.05) is 36.2 Å². The lowest BCUT2D eigenvalue weighted by atomic mass is 9.94. The highest BCUT2D eigenvalue weighted by atomic mass is 79.9. The number of carbonyl (C=O) groups excluding carboxylic acids is 1. The van der Waals surface area contributed by atoms with Crippen molar-refractivity contribution in [1.82, 2.24) is 4.90 Å². The Labute approximate surface area is 123 Å². The van der Waals surface area contributed by atoms with Gasteiger partial charge >= 0.3 is 0 Å². The predicted octanol–water partition coefficient (Wildman–Crippen LogP) is 3.62. The van der Waals surface area contributed by atoms with Gasteiger partial charge in [-0.15, -0.1) is 0 Å². The second kappa shape index (κ2) is 6.94. The molecule has 0 saturated heterocycles. The molecule has 104 valence electrons. The molecule has 0 heterocycles. The maximum Gasteiger partial charge on any atom is 0.260 e. The summed E-state index contributed by atoms with van der Waals surface area (Å²) in [6.07, 6.45) is 6.01. The number of ether oxygens (including phenoxy) is 1. The van der Waals surface area contributed by atoms with Crippen LogP contribution in [0.15, 0.2) is 28.7 Å². The van der Waals surface area contributed by atoms with E-state index in [0.29, 0.717) is 6.04 Å². The van der Waals surface area contributed by atoms with Crippen LogP contribution in [0.2, 0.25) is 0 Å². The minimum absolute atomic E-state index is 0.0646. The van der Waals surface area contributed by atoms with E-state index in [2.05, 4.69) is 15.9 Å². The first-order valence-electron chi connectivity index (χ1n) is 6.81. The van der Waals surface area contributed by atoms with Gasteiger partial charge in [-0.3, -0.25) is 4.79 Å². The highest BCUT2D eigenvalue weighted by molar-refractivity contribution is 9.10. The van der Waals surface area contributed by atoms with Crippen molar-refractivity contribution < 1.29 is 9.53 Å². The molecule has 4 heteroatoms. The molecule has 0 aromatic heterocycles. The first-order valence-corrected chi connectivity index (χ1v) is 7.60. The van der Waals surface area contributed by atoms with Crippen molar-refractivity contribution in [3.05, 3.63) is 28.7 Å². The molecule has 0 atom stereocenters. The van der Waals surface area contributed by atoms with E-state index in [0.717, 1.165) is 23.1 Å². The molecule has 1 aromatic carbocycles. The Balaban J connectivity index is 1.81. The van der Waals surface area contributed by atoms with Gasteiger partial charge in [-0.1, -0.05) is 35.2 Å². The van der Waals surface area contributed by atoms with Crippen LogP contribution >= 0.6 is 15.9 Å². The Morgan fingerprint density at radius 1 is 1.26 bits per heavy atom. The van der Waals surface area contributed by atoms with Crippen LogP contribution in [0.5, 0.6) is 5.75 Å². The number of likely N-dealkylation sites (N-methyl/N-ethyl adjacent to an activating group) is 1. The average Bonchev–Trinajstić information content (AvgIpc) is 2.46. The molecule has 2 rings (SSSR count). The molecule has 0 bridgehead atoms. The summed E-state index contributed by atoms with van der Waals surface area (Å²) < 4.78 is 6.53. The molecule has 1 amide bonds. The largest absolute Gasteiger partial charge is 0.484 e. The van der Waals surface area contributed by atoms with Crippen LogP contribution in [0.4, 0.5) is 0 Å². The lowest BCUT2D eigenvalue weighted by Crippen LogP contribution is -2.40. The fourth-order valence-corrected chi connectivity index (χ4v) is 2.71. The normalized spacial score (nSPS) is 16.1. The van der Waals surface area contributed by atoms with Crippen LogP contribution in [0.1, 0.15) is 32.1 Å². The predicted molar refractivity (Wildman–Crippen MR) is 79.3 cm³/mol. The van der Waals surface area contributed by atoms with Crippen molar-refractivity contribution in [3.8, 4) is 5.75 Å². The maximum atomic E-state index is 12.1. The van der Waals surface area contributed by atoms with Crippen LogP contribution in [0.25, 0.3) is 0 Å². The second-order valence-electron chi connectivity index (χ2n) is 5.04. The number of halogens is 1. The first-order chi connectivity index (χ1) is 9.16. The summed E-state index contributed by atoms with van der Waals surface area (Å²) in [6, 6.07) is 7.93. The first kappa shape index (κ1) is 14.4. The molecule has 0 radical (unpaired) electrons. The minimum Gasteiger partial charge on any atom is -0.484 e. The Morgan fingerprint density at radius 3 is 2.53 bits per heavy atom. The Bertz CT molecular complexity index is 413. The Hall–Kier alpha value is -1.03. The van der Waals surface area contributed by atoms with Gasteiger partial charge in [0.1, 0.15) is 5.75 Å². The standard InChI is InChI=1S/C15H20BrNO2/c1-17(13-5-3-2-4-6-13)15(18)11-19-14-9-7-12(16)8-10-14/h7-10,13H,2-6,11H2,1H3. The summed E-state index contributed by atoms with van der Waals surface area (Å²) in [6.45, 7) is 0.120. The van der Waals surface area contributed by atoms with E-state index in [4.69, 9.17) is 4.74 Å². The zero-order valence-electron chi connectivity index (χ0n) is 11.3. The Kier molecular flexibility index (Phi) is 5.25. The summed E-state index contributed by atoms with van der Waals surface area (Å²) in [4.78, 5) is 13.9. The molecule has 1 aromatic rings. The number of benzene rings is 1. The smallest absolute Gasteiger partial charge is 0.260 e. The zero-order valence-corrected chi connectivity index (χ0v) is 12.9. The quantitative estimate of drug-likeness (QED) is 0.846. The van der Waals surface area contributed by atoms with E-state index >= 15 is 0 Å². The molecule has 1 fully saturated rings. The number of hydrogen-bond donors (Lipinski definition) is 0. The van der Waals surface area contributed by atoms with Gasteiger partial charge in [-0.2, -0.15) is 0 Å². The molecule has 1 saturated carbocycles. The third-order valence-electron chi connectivity index (χ3n) is 3.69. The van der Waals surface area contributed by atoms with Crippen molar-refractivity contribution in [3.63, 3.8) is 0 Å². The van der Waals surface area contributed by atoms with Crippen molar-refractivity contribution in [1.29, 1.82) is 0 Å². The molecular formula is C15H20BrNO2. The van der Waals surface area contributed by atoms with Crippen molar-refractivity contribution in [2.24, 2.45) is 0 Å².